The highest BCUT2D eigenvalue weighted by atomic mass is 15.2. The van der Waals surface area contributed by atoms with Gasteiger partial charge in [0, 0.05) is 6.04 Å². The van der Waals surface area contributed by atoms with E-state index < -0.39 is 0 Å². The number of unbranched alkanes of at least 4 members (excludes halogenated alkanes) is 6. The molecule has 0 aromatic heterocycles. The minimum atomic E-state index is 0.535. The summed E-state index contributed by atoms with van der Waals surface area (Å²) in [5.74, 6) is 6.58. The van der Waals surface area contributed by atoms with E-state index in [2.05, 4.69) is 26.2 Å². The Labute approximate surface area is 121 Å². The van der Waals surface area contributed by atoms with E-state index in [1.54, 1.807) is 0 Å². The molecular weight excluding hydrogens is 232 g/mol. The lowest BCUT2D eigenvalue weighted by Gasteiger charge is -2.22. The highest BCUT2D eigenvalue weighted by Gasteiger charge is 2.13. The molecule has 0 spiro atoms. The minimum absolute atomic E-state index is 0.535. The molecule has 0 fully saturated rings. The van der Waals surface area contributed by atoms with Crippen LogP contribution in [0, 0.1) is 5.92 Å². The van der Waals surface area contributed by atoms with Crippen molar-refractivity contribution in [2.45, 2.75) is 104 Å². The van der Waals surface area contributed by atoms with Gasteiger partial charge >= 0.3 is 0 Å². The SMILES string of the molecule is CCCCCCCCC(CC(CC)CCCC)NN. The van der Waals surface area contributed by atoms with E-state index in [4.69, 9.17) is 5.84 Å². The second kappa shape index (κ2) is 14.3. The van der Waals surface area contributed by atoms with Crippen molar-refractivity contribution in [2.24, 2.45) is 11.8 Å². The van der Waals surface area contributed by atoms with Crippen LogP contribution in [0.5, 0.6) is 0 Å². The Balaban J connectivity index is 3.67. The molecule has 0 aliphatic carbocycles. The van der Waals surface area contributed by atoms with Crippen LogP contribution in [0.3, 0.4) is 0 Å². The zero-order chi connectivity index (χ0) is 14.3. The van der Waals surface area contributed by atoms with E-state index in [9.17, 15) is 0 Å². The fourth-order valence-corrected chi connectivity index (χ4v) is 2.82. The zero-order valence-corrected chi connectivity index (χ0v) is 13.7. The van der Waals surface area contributed by atoms with Crippen molar-refractivity contribution < 1.29 is 0 Å². The third-order valence-electron chi connectivity index (χ3n) is 4.30. The topological polar surface area (TPSA) is 38.0 Å². The molecule has 19 heavy (non-hydrogen) atoms. The van der Waals surface area contributed by atoms with Gasteiger partial charge in [-0.05, 0) is 18.8 Å². The van der Waals surface area contributed by atoms with Crippen molar-refractivity contribution in [3.05, 3.63) is 0 Å². The summed E-state index contributed by atoms with van der Waals surface area (Å²) in [6.45, 7) is 6.87. The van der Waals surface area contributed by atoms with Crippen molar-refractivity contribution >= 4 is 0 Å². The maximum atomic E-state index is 5.72. The lowest BCUT2D eigenvalue weighted by atomic mass is 9.90. The average Bonchev–Trinajstić information content (AvgIpc) is 2.44. The largest absolute Gasteiger partial charge is 0.271 e. The molecule has 0 radical (unpaired) electrons. The summed E-state index contributed by atoms with van der Waals surface area (Å²) in [4.78, 5) is 0. The van der Waals surface area contributed by atoms with Crippen LogP contribution in [0.25, 0.3) is 0 Å². The second-order valence-electron chi connectivity index (χ2n) is 6.07. The first-order valence-electron chi connectivity index (χ1n) is 8.74. The molecule has 0 saturated heterocycles. The average molecular weight is 271 g/mol. The Hall–Kier alpha value is -0.0800. The smallest absolute Gasteiger partial charge is 0.0213 e. The molecule has 0 rings (SSSR count). The molecule has 3 N–H and O–H groups in total. The second-order valence-corrected chi connectivity index (χ2v) is 6.07. The maximum absolute atomic E-state index is 5.72. The first-order valence-corrected chi connectivity index (χ1v) is 8.74. The first-order chi connectivity index (χ1) is 9.28. The molecule has 2 nitrogen and oxygen atoms in total. The third kappa shape index (κ3) is 11.4. The number of nitrogens with one attached hydrogen (secondary N) is 1. The van der Waals surface area contributed by atoms with E-state index in [0.29, 0.717) is 6.04 Å². The number of hydrogen-bond acceptors (Lipinski definition) is 2. The predicted molar refractivity (Wildman–Crippen MR) is 87.0 cm³/mol. The molecular formula is C17H38N2. The Morgan fingerprint density at radius 3 is 2.00 bits per heavy atom. The van der Waals surface area contributed by atoms with Gasteiger partial charge in [0.25, 0.3) is 0 Å². The van der Waals surface area contributed by atoms with E-state index in [1.165, 1.54) is 77.0 Å². The third-order valence-corrected chi connectivity index (χ3v) is 4.30. The van der Waals surface area contributed by atoms with Crippen LogP contribution in [0.15, 0.2) is 0 Å². The van der Waals surface area contributed by atoms with Gasteiger partial charge in [0.15, 0.2) is 0 Å². The quantitative estimate of drug-likeness (QED) is 0.259. The Bertz CT molecular complexity index is 171. The fraction of sp³-hybridized carbons (Fsp3) is 1.00. The molecule has 0 aliphatic rings. The van der Waals surface area contributed by atoms with Crippen molar-refractivity contribution in [2.75, 3.05) is 0 Å². The summed E-state index contributed by atoms with van der Waals surface area (Å²) in [5.41, 5.74) is 3.05. The lowest BCUT2D eigenvalue weighted by Crippen LogP contribution is -2.36. The Kier molecular flexibility index (Phi) is 14.3. The molecule has 2 atom stereocenters. The number of hydrazine groups is 1. The van der Waals surface area contributed by atoms with Gasteiger partial charge in [-0.25, -0.2) is 0 Å². The van der Waals surface area contributed by atoms with Crippen molar-refractivity contribution in [1.82, 2.24) is 5.43 Å². The van der Waals surface area contributed by atoms with Gasteiger partial charge in [-0.2, -0.15) is 0 Å². The summed E-state index contributed by atoms with van der Waals surface area (Å²) in [7, 11) is 0. The predicted octanol–water partition coefficient (Wildman–Crippen LogP) is 5.18. The number of hydrogen-bond donors (Lipinski definition) is 2. The summed E-state index contributed by atoms with van der Waals surface area (Å²) in [6, 6.07) is 0.535. The molecule has 2 heteroatoms. The Morgan fingerprint density at radius 2 is 1.42 bits per heavy atom. The molecule has 0 heterocycles. The van der Waals surface area contributed by atoms with Gasteiger partial charge < -0.3 is 0 Å². The van der Waals surface area contributed by atoms with Gasteiger partial charge in [0.05, 0.1) is 0 Å². The Morgan fingerprint density at radius 1 is 0.789 bits per heavy atom. The highest BCUT2D eigenvalue weighted by molar-refractivity contribution is 4.69. The number of rotatable bonds is 14. The van der Waals surface area contributed by atoms with E-state index in [1.807, 2.05) is 0 Å². The first kappa shape index (κ1) is 18.9. The van der Waals surface area contributed by atoms with Crippen LogP contribution < -0.4 is 11.3 Å². The van der Waals surface area contributed by atoms with Gasteiger partial charge in [-0.3, -0.25) is 11.3 Å². The molecule has 0 saturated carbocycles. The van der Waals surface area contributed by atoms with Crippen LogP contribution in [0.4, 0.5) is 0 Å². The zero-order valence-electron chi connectivity index (χ0n) is 13.7. The summed E-state index contributed by atoms with van der Waals surface area (Å²) in [5, 5.41) is 0. The molecule has 2 unspecified atom stereocenters. The molecule has 0 bridgehead atoms. The molecule has 0 aromatic carbocycles. The van der Waals surface area contributed by atoms with E-state index in [-0.39, 0.29) is 0 Å². The minimum Gasteiger partial charge on any atom is -0.271 e. The molecule has 0 amide bonds. The van der Waals surface area contributed by atoms with Gasteiger partial charge in [-0.15, -0.1) is 0 Å². The van der Waals surface area contributed by atoms with Crippen molar-refractivity contribution in [3.63, 3.8) is 0 Å². The van der Waals surface area contributed by atoms with Crippen LogP contribution >= 0.6 is 0 Å². The molecule has 0 aliphatic heterocycles. The van der Waals surface area contributed by atoms with Crippen LogP contribution in [0.1, 0.15) is 97.8 Å². The fourth-order valence-electron chi connectivity index (χ4n) is 2.82. The standard InChI is InChI=1S/C17H38N2/c1-4-7-9-10-11-12-14-17(19-18)15-16(6-3)13-8-5-2/h16-17,19H,4-15,18H2,1-3H3. The van der Waals surface area contributed by atoms with E-state index in [0.717, 1.165) is 5.92 Å². The normalized spacial score (nSPS) is 14.5. The monoisotopic (exact) mass is 270 g/mol. The highest BCUT2D eigenvalue weighted by Crippen LogP contribution is 2.21. The molecule has 0 aromatic rings. The number of nitrogens with two attached hydrogens (primary N) is 1. The maximum Gasteiger partial charge on any atom is 0.0213 e. The van der Waals surface area contributed by atoms with Gasteiger partial charge in [-0.1, -0.05) is 85.0 Å². The van der Waals surface area contributed by atoms with Crippen LogP contribution in [-0.4, -0.2) is 6.04 Å². The lowest BCUT2D eigenvalue weighted by molar-refractivity contribution is 0.333. The van der Waals surface area contributed by atoms with Crippen LogP contribution in [0.2, 0.25) is 0 Å². The van der Waals surface area contributed by atoms with Gasteiger partial charge in [0.1, 0.15) is 0 Å². The summed E-state index contributed by atoms with van der Waals surface area (Å²) < 4.78 is 0. The van der Waals surface area contributed by atoms with Crippen LogP contribution in [-0.2, 0) is 0 Å². The van der Waals surface area contributed by atoms with Crippen molar-refractivity contribution in [3.8, 4) is 0 Å². The summed E-state index contributed by atoms with van der Waals surface area (Å²) >= 11 is 0. The molecule has 116 valence electrons. The van der Waals surface area contributed by atoms with Crippen molar-refractivity contribution in [1.29, 1.82) is 0 Å². The van der Waals surface area contributed by atoms with Gasteiger partial charge in [0.2, 0.25) is 0 Å². The summed E-state index contributed by atoms with van der Waals surface area (Å²) in [6.07, 6.45) is 16.1. The van der Waals surface area contributed by atoms with E-state index >= 15 is 0 Å².